The van der Waals surface area contributed by atoms with Crippen LogP contribution in [0.2, 0.25) is 0 Å². The summed E-state index contributed by atoms with van der Waals surface area (Å²) in [6.45, 7) is 17.7. The first-order valence-corrected chi connectivity index (χ1v) is 8.34. The topological polar surface area (TPSA) is 9.72 Å². The Bertz CT molecular complexity index is 303. The highest BCUT2D eigenvalue weighted by Crippen LogP contribution is 2.42. The first-order valence-electron chi connectivity index (χ1n) is 8.34. The molecule has 3 aliphatic rings. The number of hydrogen-bond donors (Lipinski definition) is 0. The molecule has 3 fully saturated rings. The lowest BCUT2D eigenvalue weighted by Gasteiger charge is -2.63. The molecule has 0 aromatic rings. The second-order valence-electron chi connectivity index (χ2n) is 7.34. The van der Waals surface area contributed by atoms with Gasteiger partial charge < -0.3 is 9.80 Å². The summed E-state index contributed by atoms with van der Waals surface area (Å²) < 4.78 is 0. The van der Waals surface area contributed by atoms with Gasteiger partial charge in [0.25, 0.3) is 0 Å². The normalized spacial score (nSPS) is 36.2. The van der Waals surface area contributed by atoms with Crippen LogP contribution in [0.1, 0.15) is 33.6 Å². The Hall–Kier alpha value is -0.120. The molecule has 0 aliphatic carbocycles. The third-order valence-corrected chi connectivity index (χ3v) is 5.60. The van der Waals surface area contributed by atoms with Gasteiger partial charge in [-0.15, -0.1) is 0 Å². The van der Waals surface area contributed by atoms with Crippen molar-refractivity contribution in [3.8, 4) is 0 Å². The predicted octanol–water partition coefficient (Wildman–Crippen LogP) is 1.74. The van der Waals surface area contributed by atoms with Crippen molar-refractivity contribution in [3.63, 3.8) is 0 Å². The third kappa shape index (κ3) is 2.57. The van der Waals surface area contributed by atoms with Crippen molar-refractivity contribution >= 4 is 0 Å². The average molecular weight is 265 g/mol. The number of nitrogens with zero attached hydrogens (tertiary/aromatic N) is 3. The molecular weight excluding hydrogens is 234 g/mol. The van der Waals surface area contributed by atoms with Crippen LogP contribution in [0.15, 0.2) is 0 Å². The van der Waals surface area contributed by atoms with Crippen LogP contribution in [0.4, 0.5) is 0 Å². The van der Waals surface area contributed by atoms with E-state index in [0.29, 0.717) is 5.41 Å². The summed E-state index contributed by atoms with van der Waals surface area (Å²) >= 11 is 0. The standard InChI is InChI=1S/C16H31N3/c1-4-7-18-8-6-15(14(3)9-18)19-12-16(13-19)10-17(5-2)11-16/h14-15H,4-13H2,1-3H3/t14-,15?/m0/s1. The molecule has 3 aliphatic heterocycles. The Kier molecular flexibility index (Phi) is 3.89. The van der Waals surface area contributed by atoms with Gasteiger partial charge in [0, 0.05) is 44.2 Å². The number of rotatable bonds is 4. The highest BCUT2D eigenvalue weighted by atomic mass is 15.3. The highest BCUT2D eigenvalue weighted by molar-refractivity contribution is 5.07. The van der Waals surface area contributed by atoms with Crippen LogP contribution >= 0.6 is 0 Å². The summed E-state index contributed by atoms with van der Waals surface area (Å²) in [5.41, 5.74) is 0.705. The van der Waals surface area contributed by atoms with E-state index in [4.69, 9.17) is 0 Å². The third-order valence-electron chi connectivity index (χ3n) is 5.60. The van der Waals surface area contributed by atoms with Gasteiger partial charge in [-0.05, 0) is 38.4 Å². The molecule has 110 valence electrons. The van der Waals surface area contributed by atoms with E-state index < -0.39 is 0 Å². The minimum absolute atomic E-state index is 0.705. The summed E-state index contributed by atoms with van der Waals surface area (Å²) in [6.07, 6.45) is 2.70. The molecule has 0 N–H and O–H groups in total. The Morgan fingerprint density at radius 2 is 1.79 bits per heavy atom. The van der Waals surface area contributed by atoms with Gasteiger partial charge in [-0.3, -0.25) is 4.90 Å². The molecule has 19 heavy (non-hydrogen) atoms. The monoisotopic (exact) mass is 265 g/mol. The zero-order valence-electron chi connectivity index (χ0n) is 13.1. The second-order valence-corrected chi connectivity index (χ2v) is 7.34. The fraction of sp³-hybridized carbons (Fsp3) is 1.00. The zero-order chi connectivity index (χ0) is 13.5. The van der Waals surface area contributed by atoms with E-state index >= 15 is 0 Å². The predicted molar refractivity (Wildman–Crippen MR) is 80.4 cm³/mol. The highest BCUT2D eigenvalue weighted by Gasteiger charge is 2.53. The minimum atomic E-state index is 0.705. The van der Waals surface area contributed by atoms with Crippen molar-refractivity contribution in [1.29, 1.82) is 0 Å². The molecule has 1 spiro atoms. The zero-order valence-corrected chi connectivity index (χ0v) is 13.1. The molecule has 0 saturated carbocycles. The van der Waals surface area contributed by atoms with Gasteiger partial charge in [-0.1, -0.05) is 20.8 Å². The van der Waals surface area contributed by atoms with Gasteiger partial charge in [-0.25, -0.2) is 0 Å². The van der Waals surface area contributed by atoms with Gasteiger partial charge in [0.05, 0.1) is 0 Å². The van der Waals surface area contributed by atoms with Crippen molar-refractivity contribution in [2.75, 3.05) is 52.4 Å². The van der Waals surface area contributed by atoms with Gasteiger partial charge >= 0.3 is 0 Å². The fourth-order valence-corrected chi connectivity index (χ4v) is 4.66. The molecule has 3 heteroatoms. The summed E-state index contributed by atoms with van der Waals surface area (Å²) in [6, 6.07) is 0.870. The molecule has 3 nitrogen and oxygen atoms in total. The number of likely N-dealkylation sites (tertiary alicyclic amines) is 3. The van der Waals surface area contributed by atoms with Crippen LogP contribution in [0.5, 0.6) is 0 Å². The lowest BCUT2D eigenvalue weighted by Crippen LogP contribution is -2.74. The van der Waals surface area contributed by atoms with Crippen LogP contribution in [-0.4, -0.2) is 73.1 Å². The summed E-state index contributed by atoms with van der Waals surface area (Å²) in [5, 5.41) is 0. The smallest absolute Gasteiger partial charge is 0.0212 e. The summed E-state index contributed by atoms with van der Waals surface area (Å²) in [7, 11) is 0. The van der Waals surface area contributed by atoms with E-state index in [1.165, 1.54) is 65.2 Å². The van der Waals surface area contributed by atoms with E-state index in [1.807, 2.05) is 0 Å². The van der Waals surface area contributed by atoms with E-state index in [2.05, 4.69) is 35.5 Å². The molecule has 3 heterocycles. The quantitative estimate of drug-likeness (QED) is 0.767. The lowest BCUT2D eigenvalue weighted by molar-refractivity contribution is -0.142. The maximum absolute atomic E-state index is 2.79. The molecule has 3 rings (SSSR count). The molecular formula is C16H31N3. The molecule has 3 saturated heterocycles. The lowest BCUT2D eigenvalue weighted by atomic mass is 9.71. The number of hydrogen-bond acceptors (Lipinski definition) is 3. The SMILES string of the molecule is CCCN1CCC(N2CC3(CN(CC)C3)C2)[C@@H](C)C1. The Balaban J connectivity index is 1.45. The number of piperidine rings is 1. The molecule has 0 bridgehead atoms. The van der Waals surface area contributed by atoms with Gasteiger partial charge in [0.1, 0.15) is 0 Å². The second kappa shape index (κ2) is 5.34. The molecule has 2 atom stereocenters. The first-order chi connectivity index (χ1) is 9.15. The van der Waals surface area contributed by atoms with Crippen molar-refractivity contribution in [2.45, 2.75) is 39.7 Å². The van der Waals surface area contributed by atoms with E-state index in [9.17, 15) is 0 Å². The van der Waals surface area contributed by atoms with Crippen LogP contribution in [-0.2, 0) is 0 Å². The van der Waals surface area contributed by atoms with E-state index in [-0.39, 0.29) is 0 Å². The Morgan fingerprint density at radius 3 is 2.37 bits per heavy atom. The maximum atomic E-state index is 2.79. The average Bonchev–Trinajstić information content (AvgIpc) is 2.28. The summed E-state index contributed by atoms with van der Waals surface area (Å²) in [5.74, 6) is 0.861. The van der Waals surface area contributed by atoms with Crippen molar-refractivity contribution in [3.05, 3.63) is 0 Å². The molecule has 1 unspecified atom stereocenters. The van der Waals surface area contributed by atoms with E-state index in [0.717, 1.165) is 12.0 Å². The molecule has 0 amide bonds. The first kappa shape index (κ1) is 13.8. The maximum Gasteiger partial charge on any atom is 0.0212 e. The van der Waals surface area contributed by atoms with Crippen molar-refractivity contribution in [1.82, 2.24) is 14.7 Å². The van der Waals surface area contributed by atoms with Crippen LogP contribution in [0, 0.1) is 11.3 Å². The largest absolute Gasteiger partial charge is 0.303 e. The van der Waals surface area contributed by atoms with Crippen molar-refractivity contribution in [2.24, 2.45) is 11.3 Å². The Labute approximate surface area is 118 Å². The molecule has 0 radical (unpaired) electrons. The van der Waals surface area contributed by atoms with Crippen LogP contribution in [0.3, 0.4) is 0 Å². The van der Waals surface area contributed by atoms with Gasteiger partial charge in [-0.2, -0.15) is 0 Å². The van der Waals surface area contributed by atoms with Gasteiger partial charge in [0.15, 0.2) is 0 Å². The van der Waals surface area contributed by atoms with Gasteiger partial charge in [0.2, 0.25) is 0 Å². The molecule has 0 aromatic heterocycles. The molecule has 0 aromatic carbocycles. The van der Waals surface area contributed by atoms with Crippen LogP contribution < -0.4 is 0 Å². The van der Waals surface area contributed by atoms with Crippen LogP contribution in [0.25, 0.3) is 0 Å². The fourth-order valence-electron chi connectivity index (χ4n) is 4.66. The van der Waals surface area contributed by atoms with Crippen molar-refractivity contribution < 1.29 is 0 Å². The summed E-state index contributed by atoms with van der Waals surface area (Å²) in [4.78, 5) is 8.05. The minimum Gasteiger partial charge on any atom is -0.303 e. The van der Waals surface area contributed by atoms with E-state index in [1.54, 1.807) is 0 Å². The Morgan fingerprint density at radius 1 is 1.05 bits per heavy atom.